The molecule has 10 nitrogen and oxygen atoms in total. The van der Waals surface area contributed by atoms with Gasteiger partial charge in [0.05, 0.1) is 58.0 Å². The van der Waals surface area contributed by atoms with Gasteiger partial charge in [0.25, 0.3) is 0 Å². The van der Waals surface area contributed by atoms with Crippen molar-refractivity contribution in [1.29, 1.82) is 0 Å². The van der Waals surface area contributed by atoms with Gasteiger partial charge in [0.2, 0.25) is 0 Å². The lowest BCUT2D eigenvalue weighted by atomic mass is 9.77. The van der Waals surface area contributed by atoms with Gasteiger partial charge in [-0.1, -0.05) is 182 Å². The zero-order valence-corrected chi connectivity index (χ0v) is 37.8. The van der Waals surface area contributed by atoms with Crippen LogP contribution in [0.5, 0.6) is 0 Å². The molecule has 2 fully saturated rings. The Hall–Kier alpha value is -5.08. The Morgan fingerprint density at radius 1 is 0.455 bits per heavy atom. The molecule has 0 bridgehead atoms. The Morgan fingerprint density at radius 3 is 1.24 bits per heavy atom. The Labute approximate surface area is 389 Å². The molecule has 0 aromatic heterocycles. The summed E-state index contributed by atoms with van der Waals surface area (Å²) in [4.78, 5) is 0. The molecule has 1 saturated heterocycles. The lowest BCUT2D eigenvalue weighted by Gasteiger charge is -2.52. The average molecular weight is 895 g/mol. The first-order chi connectivity index (χ1) is 32.4. The number of rotatable bonds is 22. The van der Waals surface area contributed by atoms with Crippen LogP contribution in [-0.4, -0.2) is 79.5 Å². The van der Waals surface area contributed by atoms with Crippen molar-refractivity contribution in [3.63, 3.8) is 0 Å². The molecule has 1 aliphatic carbocycles. The van der Waals surface area contributed by atoms with E-state index >= 15 is 0 Å². The standard InChI is InChI=1S/C56H62O10/c1-56(57)33-47(49(60-35-42-23-11-4-12-24-42)52(62-37-44-27-15-6-16-28-44)54(56)64-39-46-31-19-8-20-32-46)65-50-48(40-59-34-41-21-9-3-10-22-41)66-55(58-2)53(63-38-45-29-17-7-18-30-45)51(50)61-36-43-25-13-5-14-26-43/h3-32,47-55,57H,33-40H2,1-2H3/t47-,48+,49-,50+,51-,52+,53+,54-,55-,56+/m0/s1. The summed E-state index contributed by atoms with van der Waals surface area (Å²) in [6.07, 6.45) is -6.78. The topological polar surface area (TPSA) is 103 Å². The van der Waals surface area contributed by atoms with Crippen LogP contribution in [0.3, 0.4) is 0 Å². The molecule has 0 amide bonds. The van der Waals surface area contributed by atoms with Crippen LogP contribution in [0.15, 0.2) is 182 Å². The van der Waals surface area contributed by atoms with Gasteiger partial charge in [0, 0.05) is 13.5 Å². The molecule has 1 N–H and O–H groups in total. The van der Waals surface area contributed by atoms with E-state index in [0.29, 0.717) is 6.61 Å². The minimum atomic E-state index is -1.44. The first-order valence-electron chi connectivity index (χ1n) is 22.9. The maximum Gasteiger partial charge on any atom is 0.186 e. The molecule has 0 radical (unpaired) electrons. The van der Waals surface area contributed by atoms with Crippen LogP contribution in [0, 0.1) is 0 Å². The van der Waals surface area contributed by atoms with Crippen LogP contribution in [0.4, 0.5) is 0 Å². The molecule has 0 unspecified atom stereocenters. The van der Waals surface area contributed by atoms with Crippen molar-refractivity contribution in [3.8, 4) is 0 Å². The smallest absolute Gasteiger partial charge is 0.186 e. The van der Waals surface area contributed by atoms with Gasteiger partial charge in [-0.15, -0.1) is 0 Å². The second-order valence-electron chi connectivity index (χ2n) is 17.2. The van der Waals surface area contributed by atoms with Gasteiger partial charge in [-0.3, -0.25) is 0 Å². The zero-order chi connectivity index (χ0) is 45.4. The highest BCUT2D eigenvalue weighted by molar-refractivity contribution is 5.19. The minimum Gasteiger partial charge on any atom is -0.387 e. The minimum absolute atomic E-state index is 0.139. The third-order valence-electron chi connectivity index (χ3n) is 12.2. The lowest BCUT2D eigenvalue weighted by molar-refractivity contribution is -0.340. The second-order valence-corrected chi connectivity index (χ2v) is 17.2. The summed E-state index contributed by atoms with van der Waals surface area (Å²) in [5.74, 6) is 0. The highest BCUT2D eigenvalue weighted by atomic mass is 16.7. The summed E-state index contributed by atoms with van der Waals surface area (Å²) < 4.78 is 61.2. The summed E-state index contributed by atoms with van der Waals surface area (Å²) in [6, 6.07) is 59.9. The van der Waals surface area contributed by atoms with Gasteiger partial charge < -0.3 is 47.7 Å². The summed E-state index contributed by atoms with van der Waals surface area (Å²) >= 11 is 0. The van der Waals surface area contributed by atoms with Crippen molar-refractivity contribution >= 4 is 0 Å². The van der Waals surface area contributed by atoms with E-state index in [-0.39, 0.29) is 46.1 Å². The van der Waals surface area contributed by atoms with Crippen LogP contribution in [-0.2, 0) is 82.3 Å². The van der Waals surface area contributed by atoms with Crippen LogP contribution in [0.1, 0.15) is 46.7 Å². The number of ether oxygens (including phenoxy) is 9. The number of hydrogen-bond acceptors (Lipinski definition) is 10. The van der Waals surface area contributed by atoms with E-state index in [2.05, 4.69) is 0 Å². The molecule has 346 valence electrons. The molecule has 6 aromatic carbocycles. The van der Waals surface area contributed by atoms with Crippen LogP contribution in [0.2, 0.25) is 0 Å². The monoisotopic (exact) mass is 894 g/mol. The predicted octanol–water partition coefficient (Wildman–Crippen LogP) is 9.41. The van der Waals surface area contributed by atoms with Crippen molar-refractivity contribution in [2.75, 3.05) is 13.7 Å². The van der Waals surface area contributed by atoms with Crippen molar-refractivity contribution in [3.05, 3.63) is 215 Å². The summed E-state index contributed by atoms with van der Waals surface area (Å²) in [7, 11) is 1.61. The fraction of sp³-hybridized carbons (Fsp3) is 0.357. The Balaban J connectivity index is 1.17. The first-order valence-corrected chi connectivity index (χ1v) is 22.9. The van der Waals surface area contributed by atoms with Gasteiger partial charge in [0.1, 0.15) is 42.7 Å². The van der Waals surface area contributed by atoms with E-state index < -0.39 is 60.7 Å². The van der Waals surface area contributed by atoms with E-state index in [1.165, 1.54) is 0 Å². The summed E-state index contributed by atoms with van der Waals surface area (Å²) in [5.41, 5.74) is 4.46. The van der Waals surface area contributed by atoms with Gasteiger partial charge in [-0.05, 0) is 40.3 Å². The van der Waals surface area contributed by atoms with Crippen molar-refractivity contribution in [1.82, 2.24) is 0 Å². The zero-order valence-electron chi connectivity index (χ0n) is 37.8. The third-order valence-corrected chi connectivity index (χ3v) is 12.2. The predicted molar refractivity (Wildman–Crippen MR) is 251 cm³/mol. The van der Waals surface area contributed by atoms with E-state index in [1.54, 1.807) is 14.0 Å². The van der Waals surface area contributed by atoms with Gasteiger partial charge in [0.15, 0.2) is 6.29 Å². The fourth-order valence-corrected chi connectivity index (χ4v) is 8.79. The summed E-state index contributed by atoms with van der Waals surface area (Å²) in [5, 5.41) is 12.7. The molecule has 10 heteroatoms. The van der Waals surface area contributed by atoms with E-state index in [4.69, 9.17) is 42.6 Å². The average Bonchev–Trinajstić information content (AvgIpc) is 3.36. The molecule has 0 spiro atoms. The number of hydrogen-bond donors (Lipinski definition) is 1. The highest BCUT2D eigenvalue weighted by Gasteiger charge is 2.56. The van der Waals surface area contributed by atoms with Crippen LogP contribution >= 0.6 is 0 Å². The van der Waals surface area contributed by atoms with Crippen molar-refractivity contribution < 1.29 is 47.7 Å². The molecule has 2 aliphatic rings. The van der Waals surface area contributed by atoms with Crippen LogP contribution < -0.4 is 0 Å². The van der Waals surface area contributed by atoms with Gasteiger partial charge in [-0.25, -0.2) is 0 Å². The highest BCUT2D eigenvalue weighted by Crippen LogP contribution is 2.40. The molecule has 66 heavy (non-hydrogen) atoms. The number of benzene rings is 6. The number of aliphatic hydroxyl groups is 1. The molecule has 1 heterocycles. The third kappa shape index (κ3) is 13.1. The molecule has 1 aliphatic heterocycles. The molecule has 6 aromatic rings. The van der Waals surface area contributed by atoms with Gasteiger partial charge >= 0.3 is 0 Å². The number of methoxy groups -OCH3 is 1. The largest absolute Gasteiger partial charge is 0.387 e. The SMILES string of the molecule is CO[C@H]1O[C@H](COCc2ccccc2)[C@@H](O[C@H]2C[C@@](C)(O)[C@@H](OCc3ccccc3)[C@H](OCc3ccccc3)[C@H]2OCc2ccccc2)[C@H](OCc2ccccc2)[C@H]1OCc1ccccc1. The van der Waals surface area contributed by atoms with Crippen molar-refractivity contribution in [2.24, 2.45) is 0 Å². The summed E-state index contributed by atoms with van der Waals surface area (Å²) in [6.45, 7) is 3.60. The van der Waals surface area contributed by atoms with E-state index in [1.807, 2.05) is 182 Å². The van der Waals surface area contributed by atoms with E-state index in [9.17, 15) is 5.11 Å². The molecule has 1 saturated carbocycles. The van der Waals surface area contributed by atoms with Crippen LogP contribution in [0.25, 0.3) is 0 Å². The fourth-order valence-electron chi connectivity index (χ4n) is 8.79. The quantitative estimate of drug-likeness (QED) is 0.0710. The molecule has 10 atom stereocenters. The first kappa shape index (κ1) is 47.4. The Morgan fingerprint density at radius 2 is 0.818 bits per heavy atom. The molecular formula is C56H62O10. The molecule has 8 rings (SSSR count). The van der Waals surface area contributed by atoms with E-state index in [0.717, 1.165) is 33.4 Å². The maximum atomic E-state index is 12.7. The van der Waals surface area contributed by atoms with Gasteiger partial charge in [-0.2, -0.15) is 0 Å². The second kappa shape index (κ2) is 24.1. The lowest BCUT2D eigenvalue weighted by Crippen LogP contribution is -2.67. The maximum absolute atomic E-state index is 12.7. The Bertz CT molecular complexity index is 2250. The van der Waals surface area contributed by atoms with Crippen molar-refractivity contribution in [2.45, 2.75) is 114 Å². The Kier molecular flexibility index (Phi) is 17.3. The molecular weight excluding hydrogens is 833 g/mol. The normalized spacial score (nSPS) is 26.5.